The maximum Gasteiger partial charge on any atom is 0.267 e. The molecule has 3 aromatic rings. The van der Waals surface area contributed by atoms with Gasteiger partial charge in [0.25, 0.3) is 5.91 Å². The van der Waals surface area contributed by atoms with Gasteiger partial charge in [-0.3, -0.25) is 14.8 Å². The zero-order chi connectivity index (χ0) is 16.7. The van der Waals surface area contributed by atoms with Gasteiger partial charge in [-0.1, -0.05) is 0 Å². The Morgan fingerprint density at radius 1 is 1.38 bits per heavy atom. The van der Waals surface area contributed by atoms with E-state index in [1.54, 1.807) is 11.3 Å². The molecule has 1 aliphatic rings. The molecule has 0 unspecified atom stereocenters. The quantitative estimate of drug-likeness (QED) is 0.752. The van der Waals surface area contributed by atoms with E-state index in [2.05, 4.69) is 20.7 Å². The Bertz CT molecular complexity index is 853. The molecule has 0 spiro atoms. The maximum absolute atomic E-state index is 12.5. The number of anilines is 1. The van der Waals surface area contributed by atoms with E-state index in [1.807, 2.05) is 30.9 Å². The fourth-order valence-corrected chi connectivity index (χ4v) is 5.11. The molecule has 0 saturated carbocycles. The summed E-state index contributed by atoms with van der Waals surface area (Å²) in [7, 11) is 1.90. The Hall–Kier alpha value is -1.77. The van der Waals surface area contributed by atoms with Crippen LogP contribution in [-0.2, 0) is 7.05 Å². The third kappa shape index (κ3) is 2.85. The molecule has 126 valence electrons. The normalized spacial score (nSPS) is 15.9. The van der Waals surface area contributed by atoms with Crippen LogP contribution in [0.4, 0.5) is 5.13 Å². The molecule has 1 amide bonds. The van der Waals surface area contributed by atoms with E-state index in [4.69, 9.17) is 0 Å². The SMILES string of the molecule is Cc1nn(C)c2sc(C(=O)Nc3ncc(C4CCNCC4)s3)cc12. The van der Waals surface area contributed by atoms with Crippen LogP contribution in [0.3, 0.4) is 0 Å². The van der Waals surface area contributed by atoms with Gasteiger partial charge in [0.15, 0.2) is 5.13 Å². The molecule has 24 heavy (non-hydrogen) atoms. The van der Waals surface area contributed by atoms with Gasteiger partial charge in [-0.15, -0.1) is 22.7 Å². The number of amides is 1. The van der Waals surface area contributed by atoms with E-state index in [0.29, 0.717) is 15.9 Å². The first kappa shape index (κ1) is 15.7. The van der Waals surface area contributed by atoms with E-state index in [9.17, 15) is 4.79 Å². The van der Waals surface area contributed by atoms with Crippen LogP contribution in [0.2, 0.25) is 0 Å². The second-order valence-corrected chi connectivity index (χ2v) is 8.18. The number of carbonyl (C=O) groups excluding carboxylic acids is 1. The first-order chi connectivity index (χ1) is 11.6. The Balaban J connectivity index is 1.50. The third-order valence-corrected chi connectivity index (χ3v) is 6.68. The average molecular weight is 361 g/mol. The van der Waals surface area contributed by atoms with Crippen LogP contribution in [-0.4, -0.2) is 33.8 Å². The largest absolute Gasteiger partial charge is 0.317 e. The predicted octanol–water partition coefficient (Wildman–Crippen LogP) is 3.12. The molecular weight excluding hydrogens is 342 g/mol. The zero-order valence-corrected chi connectivity index (χ0v) is 15.3. The van der Waals surface area contributed by atoms with E-state index >= 15 is 0 Å². The number of hydrogen-bond acceptors (Lipinski definition) is 6. The van der Waals surface area contributed by atoms with Crippen molar-refractivity contribution in [3.63, 3.8) is 0 Å². The molecule has 1 fully saturated rings. The van der Waals surface area contributed by atoms with Crippen molar-refractivity contribution in [2.45, 2.75) is 25.7 Å². The number of piperidine rings is 1. The van der Waals surface area contributed by atoms with Crippen molar-refractivity contribution in [3.8, 4) is 0 Å². The summed E-state index contributed by atoms with van der Waals surface area (Å²) < 4.78 is 1.82. The van der Waals surface area contributed by atoms with Crippen LogP contribution in [0.15, 0.2) is 12.3 Å². The Kier molecular flexibility index (Phi) is 4.11. The number of nitrogens with one attached hydrogen (secondary N) is 2. The minimum atomic E-state index is -0.0955. The number of thiazole rings is 1. The molecule has 2 N–H and O–H groups in total. The van der Waals surface area contributed by atoms with Crippen LogP contribution in [0.1, 0.15) is 39.0 Å². The lowest BCUT2D eigenvalue weighted by Gasteiger charge is -2.20. The van der Waals surface area contributed by atoms with E-state index in [0.717, 1.165) is 41.8 Å². The third-order valence-electron chi connectivity index (χ3n) is 4.41. The standard InChI is InChI=1S/C16H19N5OS2/c1-9-11-7-12(23-15(11)21(2)20-9)14(22)19-16-18-8-13(24-16)10-3-5-17-6-4-10/h7-8,10,17H,3-6H2,1-2H3,(H,18,19,22). The molecule has 4 heterocycles. The van der Waals surface area contributed by atoms with Gasteiger partial charge in [0.2, 0.25) is 0 Å². The molecule has 0 radical (unpaired) electrons. The highest BCUT2D eigenvalue weighted by atomic mass is 32.1. The first-order valence-corrected chi connectivity index (χ1v) is 9.66. The van der Waals surface area contributed by atoms with Crippen LogP contribution in [0.25, 0.3) is 10.2 Å². The summed E-state index contributed by atoms with van der Waals surface area (Å²) >= 11 is 3.06. The Morgan fingerprint density at radius 3 is 2.92 bits per heavy atom. The molecule has 0 bridgehead atoms. The fourth-order valence-electron chi connectivity index (χ4n) is 3.12. The topological polar surface area (TPSA) is 71.8 Å². The van der Waals surface area contributed by atoms with E-state index in [1.165, 1.54) is 16.2 Å². The van der Waals surface area contributed by atoms with Crippen molar-refractivity contribution in [3.05, 3.63) is 27.7 Å². The molecule has 0 aliphatic carbocycles. The lowest BCUT2D eigenvalue weighted by molar-refractivity contribution is 0.103. The molecule has 1 aliphatic heterocycles. The lowest BCUT2D eigenvalue weighted by atomic mass is 9.97. The molecule has 1 saturated heterocycles. The van der Waals surface area contributed by atoms with Crippen LogP contribution in [0, 0.1) is 6.92 Å². The summed E-state index contributed by atoms with van der Waals surface area (Å²) in [5.74, 6) is 0.467. The fraction of sp³-hybridized carbons (Fsp3) is 0.438. The van der Waals surface area contributed by atoms with Gasteiger partial charge in [0.1, 0.15) is 4.83 Å². The number of aryl methyl sites for hydroxylation is 2. The van der Waals surface area contributed by atoms with E-state index in [-0.39, 0.29) is 5.91 Å². The molecule has 0 atom stereocenters. The summed E-state index contributed by atoms with van der Waals surface area (Å²) in [4.78, 5) is 19.9. The van der Waals surface area contributed by atoms with Crippen LogP contribution in [0.5, 0.6) is 0 Å². The predicted molar refractivity (Wildman–Crippen MR) is 98.2 cm³/mol. The number of thiophene rings is 1. The average Bonchev–Trinajstić information content (AvgIpc) is 3.27. The molecule has 6 nitrogen and oxygen atoms in total. The monoisotopic (exact) mass is 361 g/mol. The van der Waals surface area contributed by atoms with Crippen molar-refractivity contribution < 1.29 is 4.79 Å². The van der Waals surface area contributed by atoms with E-state index < -0.39 is 0 Å². The van der Waals surface area contributed by atoms with Crippen molar-refractivity contribution >= 4 is 43.9 Å². The molecule has 3 aromatic heterocycles. The lowest BCUT2D eigenvalue weighted by Crippen LogP contribution is -2.26. The molecular formula is C16H19N5OS2. The number of aromatic nitrogens is 3. The number of fused-ring (bicyclic) bond motifs is 1. The highest BCUT2D eigenvalue weighted by Gasteiger charge is 2.20. The van der Waals surface area contributed by atoms with Crippen molar-refractivity contribution in [2.24, 2.45) is 7.05 Å². The van der Waals surface area contributed by atoms with Gasteiger partial charge in [-0.05, 0) is 44.8 Å². The minimum Gasteiger partial charge on any atom is -0.317 e. The van der Waals surface area contributed by atoms with Crippen LogP contribution < -0.4 is 10.6 Å². The Morgan fingerprint density at radius 2 is 2.17 bits per heavy atom. The highest BCUT2D eigenvalue weighted by molar-refractivity contribution is 7.20. The van der Waals surface area contributed by atoms with Crippen molar-refractivity contribution in [1.82, 2.24) is 20.1 Å². The van der Waals surface area contributed by atoms with Crippen molar-refractivity contribution in [2.75, 3.05) is 18.4 Å². The molecule has 4 rings (SSSR count). The van der Waals surface area contributed by atoms with Crippen molar-refractivity contribution in [1.29, 1.82) is 0 Å². The number of nitrogens with zero attached hydrogens (tertiary/aromatic N) is 3. The summed E-state index contributed by atoms with van der Waals surface area (Å²) in [5, 5.41) is 12.4. The summed E-state index contributed by atoms with van der Waals surface area (Å²) in [6.45, 7) is 4.07. The van der Waals surface area contributed by atoms with Gasteiger partial charge >= 0.3 is 0 Å². The van der Waals surface area contributed by atoms with Gasteiger partial charge in [-0.2, -0.15) is 5.10 Å². The van der Waals surface area contributed by atoms with Gasteiger partial charge in [0.05, 0.1) is 10.6 Å². The summed E-state index contributed by atoms with van der Waals surface area (Å²) in [6, 6.07) is 1.92. The zero-order valence-electron chi connectivity index (χ0n) is 13.6. The summed E-state index contributed by atoms with van der Waals surface area (Å²) in [6.07, 6.45) is 4.19. The van der Waals surface area contributed by atoms with Gasteiger partial charge < -0.3 is 5.32 Å². The maximum atomic E-state index is 12.5. The minimum absolute atomic E-state index is 0.0955. The smallest absolute Gasteiger partial charge is 0.267 e. The number of rotatable bonds is 3. The number of carbonyl (C=O) groups is 1. The summed E-state index contributed by atoms with van der Waals surface area (Å²) in [5.41, 5.74) is 0.949. The Labute approximate surface area is 147 Å². The second-order valence-electron chi connectivity index (χ2n) is 6.08. The second kappa shape index (κ2) is 6.27. The van der Waals surface area contributed by atoms with Gasteiger partial charge in [0, 0.05) is 23.5 Å². The van der Waals surface area contributed by atoms with Crippen LogP contribution >= 0.6 is 22.7 Å². The van der Waals surface area contributed by atoms with Gasteiger partial charge in [-0.25, -0.2) is 4.98 Å². The molecule has 8 heteroatoms. The first-order valence-electron chi connectivity index (χ1n) is 8.03. The highest BCUT2D eigenvalue weighted by Crippen LogP contribution is 2.33. The number of hydrogen-bond donors (Lipinski definition) is 2. The molecule has 0 aromatic carbocycles.